The van der Waals surface area contributed by atoms with Crippen molar-refractivity contribution in [3.8, 4) is 5.75 Å². The summed E-state index contributed by atoms with van der Waals surface area (Å²) in [5.41, 5.74) is 6.99. The molecule has 1 fully saturated rings. The van der Waals surface area contributed by atoms with Crippen LogP contribution in [0.4, 0.5) is 11.4 Å². The van der Waals surface area contributed by atoms with E-state index in [1.165, 1.54) is 0 Å². The lowest BCUT2D eigenvalue weighted by atomic mass is 10.2. The van der Waals surface area contributed by atoms with E-state index >= 15 is 0 Å². The van der Waals surface area contributed by atoms with Gasteiger partial charge in [-0.2, -0.15) is 0 Å². The number of rotatable bonds is 2. The van der Waals surface area contributed by atoms with Gasteiger partial charge in [0.05, 0.1) is 17.8 Å². The Labute approximate surface area is 106 Å². The molecule has 0 unspecified atom stereocenters. The lowest BCUT2D eigenvalue weighted by molar-refractivity contribution is -0.118. The monoisotopic (exact) mass is 247 g/mol. The SMILES string of the molecule is CN1CCOc2ccc(NC(=O)C3(N)CC3)cc21. The standard InChI is InChI=1S/C13H17N3O2/c1-16-6-7-18-11-3-2-9(8-10(11)16)15-12(17)13(14)4-5-13/h2-3,8H,4-7,14H2,1H3,(H,15,17). The molecule has 5 heteroatoms. The Balaban J connectivity index is 1.81. The minimum absolute atomic E-state index is 0.0955. The van der Waals surface area contributed by atoms with Gasteiger partial charge in [0.25, 0.3) is 0 Å². The smallest absolute Gasteiger partial charge is 0.244 e. The predicted molar refractivity (Wildman–Crippen MR) is 70.0 cm³/mol. The fourth-order valence-corrected chi connectivity index (χ4v) is 2.05. The second kappa shape index (κ2) is 3.88. The third-order valence-corrected chi connectivity index (χ3v) is 3.55. The molecule has 0 atom stereocenters. The number of fused-ring (bicyclic) bond motifs is 1. The molecule has 1 aromatic carbocycles. The quantitative estimate of drug-likeness (QED) is 0.816. The third kappa shape index (κ3) is 1.90. The van der Waals surface area contributed by atoms with Crippen LogP contribution in [0.25, 0.3) is 0 Å². The van der Waals surface area contributed by atoms with Crippen LogP contribution in [0.2, 0.25) is 0 Å². The van der Waals surface area contributed by atoms with Crippen LogP contribution in [0.15, 0.2) is 18.2 Å². The van der Waals surface area contributed by atoms with E-state index in [-0.39, 0.29) is 5.91 Å². The number of hydrogen-bond acceptors (Lipinski definition) is 4. The van der Waals surface area contributed by atoms with Crippen LogP contribution in [-0.2, 0) is 4.79 Å². The van der Waals surface area contributed by atoms with E-state index in [2.05, 4.69) is 10.2 Å². The van der Waals surface area contributed by atoms with Gasteiger partial charge in [0.1, 0.15) is 12.4 Å². The van der Waals surface area contributed by atoms with Gasteiger partial charge in [0.2, 0.25) is 5.91 Å². The van der Waals surface area contributed by atoms with Gasteiger partial charge >= 0.3 is 0 Å². The topological polar surface area (TPSA) is 67.6 Å². The maximum absolute atomic E-state index is 11.9. The van der Waals surface area contributed by atoms with Crippen LogP contribution in [0.5, 0.6) is 5.75 Å². The maximum Gasteiger partial charge on any atom is 0.244 e. The molecule has 1 amide bonds. The van der Waals surface area contributed by atoms with Crippen molar-refractivity contribution in [1.29, 1.82) is 0 Å². The molecule has 5 nitrogen and oxygen atoms in total. The van der Waals surface area contributed by atoms with Gasteiger partial charge in [-0.25, -0.2) is 0 Å². The normalized spacial score (nSPS) is 19.8. The first-order chi connectivity index (χ1) is 8.58. The van der Waals surface area contributed by atoms with E-state index in [1.54, 1.807) is 0 Å². The van der Waals surface area contributed by atoms with Crippen LogP contribution in [0.3, 0.4) is 0 Å². The van der Waals surface area contributed by atoms with Gasteiger partial charge in [-0.1, -0.05) is 0 Å². The first-order valence-corrected chi connectivity index (χ1v) is 6.17. The summed E-state index contributed by atoms with van der Waals surface area (Å²) in [4.78, 5) is 14.0. The van der Waals surface area contributed by atoms with Crippen LogP contribution < -0.4 is 20.7 Å². The van der Waals surface area contributed by atoms with Crippen molar-refractivity contribution in [3.63, 3.8) is 0 Å². The summed E-state index contributed by atoms with van der Waals surface area (Å²) in [6.07, 6.45) is 1.54. The van der Waals surface area contributed by atoms with Gasteiger partial charge in [-0.05, 0) is 31.0 Å². The highest BCUT2D eigenvalue weighted by atomic mass is 16.5. The van der Waals surface area contributed by atoms with E-state index in [0.717, 1.165) is 36.5 Å². The summed E-state index contributed by atoms with van der Waals surface area (Å²) in [7, 11) is 2.01. The molecular weight excluding hydrogens is 230 g/mol. The lowest BCUT2D eigenvalue weighted by Gasteiger charge is -2.28. The molecule has 0 bridgehead atoms. The van der Waals surface area contributed by atoms with Crippen LogP contribution in [0.1, 0.15) is 12.8 Å². The Bertz CT molecular complexity index is 497. The molecule has 3 rings (SSSR count). The van der Waals surface area contributed by atoms with Crippen molar-refractivity contribution in [2.45, 2.75) is 18.4 Å². The fraction of sp³-hybridized carbons (Fsp3) is 0.462. The largest absolute Gasteiger partial charge is 0.490 e. The zero-order valence-electron chi connectivity index (χ0n) is 10.4. The molecule has 0 aromatic heterocycles. The van der Waals surface area contributed by atoms with Gasteiger partial charge in [-0.15, -0.1) is 0 Å². The molecule has 1 aliphatic heterocycles. The van der Waals surface area contributed by atoms with Crippen LogP contribution >= 0.6 is 0 Å². The van der Waals surface area contributed by atoms with Gasteiger partial charge in [0.15, 0.2) is 0 Å². The second-order valence-electron chi connectivity index (χ2n) is 5.06. The number of likely N-dealkylation sites (N-methyl/N-ethyl adjacent to an activating group) is 1. The number of amides is 1. The summed E-state index contributed by atoms with van der Waals surface area (Å²) in [6, 6.07) is 5.66. The Morgan fingerprint density at radius 2 is 2.28 bits per heavy atom. The minimum Gasteiger partial charge on any atom is -0.490 e. The van der Waals surface area contributed by atoms with E-state index in [1.807, 2.05) is 25.2 Å². The van der Waals surface area contributed by atoms with Crippen molar-refractivity contribution in [2.24, 2.45) is 5.73 Å². The van der Waals surface area contributed by atoms with E-state index in [0.29, 0.717) is 6.61 Å². The summed E-state index contributed by atoms with van der Waals surface area (Å²) in [6.45, 7) is 1.55. The summed E-state index contributed by atoms with van der Waals surface area (Å²) >= 11 is 0. The molecule has 0 radical (unpaired) electrons. The summed E-state index contributed by atoms with van der Waals surface area (Å²) in [5, 5.41) is 2.87. The fourth-order valence-electron chi connectivity index (χ4n) is 2.05. The molecule has 2 aliphatic rings. The molecule has 3 N–H and O–H groups in total. The van der Waals surface area contributed by atoms with E-state index in [9.17, 15) is 4.79 Å². The Morgan fingerprint density at radius 3 is 3.00 bits per heavy atom. The predicted octanol–water partition coefficient (Wildman–Crippen LogP) is 0.945. The first-order valence-electron chi connectivity index (χ1n) is 6.17. The number of carbonyl (C=O) groups excluding carboxylic acids is 1. The first kappa shape index (κ1) is 11.3. The third-order valence-electron chi connectivity index (χ3n) is 3.55. The number of nitrogens with zero attached hydrogens (tertiary/aromatic N) is 1. The van der Waals surface area contributed by atoms with E-state index < -0.39 is 5.54 Å². The van der Waals surface area contributed by atoms with Crippen molar-refractivity contribution in [1.82, 2.24) is 0 Å². The molecule has 96 valence electrons. The average molecular weight is 247 g/mol. The molecule has 0 saturated heterocycles. The Hall–Kier alpha value is -1.75. The summed E-state index contributed by atoms with van der Waals surface area (Å²) < 4.78 is 5.55. The number of anilines is 2. The highest BCUT2D eigenvalue weighted by Crippen LogP contribution is 2.36. The van der Waals surface area contributed by atoms with Crippen LogP contribution in [-0.4, -0.2) is 31.6 Å². The zero-order chi connectivity index (χ0) is 12.8. The van der Waals surface area contributed by atoms with Gasteiger partial charge in [-0.3, -0.25) is 4.79 Å². The van der Waals surface area contributed by atoms with Gasteiger partial charge < -0.3 is 20.7 Å². The highest BCUT2D eigenvalue weighted by Gasteiger charge is 2.45. The zero-order valence-corrected chi connectivity index (χ0v) is 10.4. The minimum atomic E-state index is -0.641. The molecule has 1 saturated carbocycles. The highest BCUT2D eigenvalue weighted by molar-refractivity contribution is 6.00. The van der Waals surface area contributed by atoms with Crippen LogP contribution in [0, 0.1) is 0 Å². The van der Waals surface area contributed by atoms with Crippen molar-refractivity contribution < 1.29 is 9.53 Å². The Kier molecular flexibility index (Phi) is 2.45. The molecular formula is C13H17N3O2. The average Bonchev–Trinajstić information content (AvgIpc) is 3.10. The maximum atomic E-state index is 11.9. The number of nitrogens with two attached hydrogens (primary N) is 1. The molecule has 1 heterocycles. The molecule has 1 aromatic rings. The number of nitrogens with one attached hydrogen (secondary N) is 1. The van der Waals surface area contributed by atoms with Crippen molar-refractivity contribution >= 4 is 17.3 Å². The number of benzene rings is 1. The number of ether oxygens (including phenoxy) is 1. The molecule has 18 heavy (non-hydrogen) atoms. The van der Waals surface area contributed by atoms with Crippen molar-refractivity contribution in [2.75, 3.05) is 30.4 Å². The molecule has 0 spiro atoms. The van der Waals surface area contributed by atoms with E-state index in [4.69, 9.17) is 10.5 Å². The van der Waals surface area contributed by atoms with Gasteiger partial charge in [0, 0.05) is 12.7 Å². The number of carbonyl (C=O) groups is 1. The molecule has 1 aliphatic carbocycles. The lowest BCUT2D eigenvalue weighted by Crippen LogP contribution is -2.38. The number of hydrogen-bond donors (Lipinski definition) is 2. The van der Waals surface area contributed by atoms with Crippen molar-refractivity contribution in [3.05, 3.63) is 18.2 Å². The summed E-state index contributed by atoms with van der Waals surface area (Å²) in [5.74, 6) is 0.762. The Morgan fingerprint density at radius 1 is 1.50 bits per heavy atom. The second-order valence-corrected chi connectivity index (χ2v) is 5.06.